The number of carbonyl (C=O) groups is 3. The molecular weight excluding hydrogens is 612 g/mol. The van der Waals surface area contributed by atoms with Crippen LogP contribution in [0, 0.1) is 6.04 Å². The third-order valence-corrected chi connectivity index (χ3v) is 6.20. The molecule has 2 aromatic rings. The molecule has 0 aliphatic carbocycles. The number of hydrogen-bond acceptors (Lipinski definition) is 6. The fraction of sp³-hybridized carbons (Fsp3) is 0.300. The molecule has 8 nitrogen and oxygen atoms in total. The van der Waals surface area contributed by atoms with Crippen molar-refractivity contribution in [3.8, 4) is 0 Å². The van der Waals surface area contributed by atoms with Crippen LogP contribution in [0.15, 0.2) is 36.4 Å². The van der Waals surface area contributed by atoms with Gasteiger partial charge in [0, 0.05) is 32.4 Å². The van der Waals surface area contributed by atoms with E-state index in [1.165, 1.54) is 16.2 Å². The van der Waals surface area contributed by atoms with E-state index >= 15 is 0 Å². The number of amides is 3. The van der Waals surface area contributed by atoms with Crippen molar-refractivity contribution in [2.45, 2.75) is 18.9 Å². The molecule has 0 saturated carbocycles. The molecule has 1 aromatic heterocycles. The number of carbonyl (C=O) groups excluding carboxylic acids is 3. The number of hydrogen-bond donors (Lipinski definition) is 2. The maximum atomic E-state index is 12.3. The van der Waals surface area contributed by atoms with Crippen LogP contribution >= 0.6 is 22.9 Å². The average Bonchev–Trinajstić information content (AvgIpc) is 3.32. The van der Waals surface area contributed by atoms with Crippen molar-refractivity contribution >= 4 is 52.2 Å². The average molecular weight is 632 g/mol. The number of piperidine rings is 1. The maximum Gasteiger partial charge on any atom is 0.414 e. The van der Waals surface area contributed by atoms with Crippen LogP contribution in [0.25, 0.3) is 0 Å². The summed E-state index contributed by atoms with van der Waals surface area (Å²) in [5.74, 6) is -0.287. The van der Waals surface area contributed by atoms with Crippen LogP contribution in [0.5, 0.6) is 0 Å². The van der Waals surface area contributed by atoms with Crippen molar-refractivity contribution < 1.29 is 40.2 Å². The Kier molecular flexibility index (Phi) is 7.75. The molecule has 0 spiro atoms. The van der Waals surface area contributed by atoms with E-state index in [1.807, 2.05) is 0 Å². The summed E-state index contributed by atoms with van der Waals surface area (Å²) in [4.78, 5) is 40.3. The van der Waals surface area contributed by atoms with Crippen LogP contribution < -0.4 is 20.9 Å². The van der Waals surface area contributed by atoms with Crippen molar-refractivity contribution in [3.05, 3.63) is 51.7 Å². The first kappa shape index (κ1) is 23.7. The summed E-state index contributed by atoms with van der Waals surface area (Å²) >= 11 is 7.04. The Balaban J connectivity index is 0.00000272. The quantitative estimate of drug-likeness (QED) is 0.494. The van der Waals surface area contributed by atoms with Gasteiger partial charge >= 0.3 is 6.09 Å². The molecule has 3 N–H and O–H groups in total. The molecule has 2 fully saturated rings. The molecule has 4 rings (SSSR count). The Morgan fingerprint density at radius 2 is 1.87 bits per heavy atom. The SMILES string of the molecule is N[C-]1CCN(c2ccc(N3CC(CNC(=O)c4ccc(Cl)s4)OC3=O)cc2)C(=O)C1.[W]. The third-order valence-electron chi connectivity index (χ3n) is 4.97. The van der Waals surface area contributed by atoms with Gasteiger partial charge in [0.05, 0.1) is 22.3 Å². The number of anilines is 2. The molecule has 1 atom stereocenters. The van der Waals surface area contributed by atoms with Crippen LogP contribution in [0.1, 0.15) is 22.5 Å². The third kappa shape index (κ3) is 5.47. The zero-order chi connectivity index (χ0) is 21.3. The van der Waals surface area contributed by atoms with Gasteiger partial charge in [-0.05, 0) is 42.9 Å². The number of nitrogens with one attached hydrogen (secondary N) is 1. The van der Waals surface area contributed by atoms with Crippen LogP contribution in [0.4, 0.5) is 16.2 Å². The molecule has 0 radical (unpaired) electrons. The first-order valence-electron chi connectivity index (χ1n) is 9.43. The van der Waals surface area contributed by atoms with Crippen molar-refractivity contribution in [1.29, 1.82) is 0 Å². The molecule has 31 heavy (non-hydrogen) atoms. The van der Waals surface area contributed by atoms with Gasteiger partial charge in [-0.2, -0.15) is 0 Å². The zero-order valence-electron chi connectivity index (χ0n) is 16.4. The van der Waals surface area contributed by atoms with Gasteiger partial charge in [-0.25, -0.2) is 10.8 Å². The predicted octanol–water partition coefficient (Wildman–Crippen LogP) is 2.77. The number of ether oxygens (including phenoxy) is 1. The van der Waals surface area contributed by atoms with Crippen molar-refractivity contribution in [2.24, 2.45) is 5.73 Å². The molecule has 3 amide bonds. The monoisotopic (exact) mass is 631 g/mol. The Bertz CT molecular complexity index is 970. The number of thiophene rings is 1. The molecule has 11 heteroatoms. The molecular formula is C20H20ClN4O4SW-. The Labute approximate surface area is 202 Å². The number of nitrogens with two attached hydrogens (primary N) is 1. The number of rotatable bonds is 5. The van der Waals surface area contributed by atoms with Gasteiger partial charge < -0.3 is 20.7 Å². The maximum absolute atomic E-state index is 12.3. The largest absolute Gasteiger partial charge is 0.480 e. The topological polar surface area (TPSA) is 105 Å². The summed E-state index contributed by atoms with van der Waals surface area (Å²) < 4.78 is 5.90. The zero-order valence-corrected chi connectivity index (χ0v) is 20.9. The minimum absolute atomic E-state index is 0. The van der Waals surface area contributed by atoms with E-state index in [0.29, 0.717) is 40.5 Å². The molecule has 2 aliphatic heterocycles. The molecule has 2 saturated heterocycles. The van der Waals surface area contributed by atoms with Gasteiger partial charge in [0.25, 0.3) is 5.91 Å². The van der Waals surface area contributed by atoms with Gasteiger partial charge in [0.2, 0.25) is 0 Å². The second-order valence-electron chi connectivity index (χ2n) is 7.08. The smallest absolute Gasteiger partial charge is 0.414 e. The molecule has 1 aromatic carbocycles. The van der Waals surface area contributed by atoms with Crippen molar-refractivity contribution in [3.63, 3.8) is 0 Å². The van der Waals surface area contributed by atoms with E-state index < -0.39 is 12.2 Å². The van der Waals surface area contributed by atoms with E-state index in [2.05, 4.69) is 5.32 Å². The standard InChI is InChI=1S/C20H20ClN4O4S.W/c21-17-6-5-16(30-17)19(27)23-10-15-11-25(20(28)29-15)14-3-1-13(2-4-14)24-8-7-12(22)9-18(24)26;/h1-6,15H,7-11,22H2,(H,23,27);/q-1;. The van der Waals surface area contributed by atoms with Crippen LogP contribution in [-0.2, 0) is 30.6 Å². The summed E-state index contributed by atoms with van der Waals surface area (Å²) in [5, 5.41) is 2.76. The van der Waals surface area contributed by atoms with E-state index in [1.54, 1.807) is 41.3 Å². The van der Waals surface area contributed by atoms with Gasteiger partial charge in [-0.3, -0.25) is 14.5 Å². The Morgan fingerprint density at radius 1 is 1.19 bits per heavy atom. The van der Waals surface area contributed by atoms with Crippen molar-refractivity contribution in [1.82, 2.24) is 5.32 Å². The molecule has 2 aliphatic rings. The fourth-order valence-corrected chi connectivity index (χ4v) is 4.37. The van der Waals surface area contributed by atoms with Gasteiger partial charge in [0.15, 0.2) is 5.91 Å². The summed E-state index contributed by atoms with van der Waals surface area (Å²) in [6.45, 7) is 1.07. The van der Waals surface area contributed by atoms with Gasteiger partial charge in [-0.15, -0.1) is 17.8 Å². The summed E-state index contributed by atoms with van der Waals surface area (Å²) in [6, 6.07) is 11.2. The van der Waals surface area contributed by atoms with E-state index in [4.69, 9.17) is 22.1 Å². The number of halogens is 1. The Morgan fingerprint density at radius 3 is 2.48 bits per heavy atom. The van der Waals surface area contributed by atoms with Gasteiger partial charge in [-0.1, -0.05) is 18.0 Å². The number of benzene rings is 1. The fourth-order valence-electron chi connectivity index (χ4n) is 3.41. The number of cyclic esters (lactones) is 1. The second kappa shape index (κ2) is 10.1. The van der Waals surface area contributed by atoms with Crippen LogP contribution in [-0.4, -0.2) is 43.6 Å². The van der Waals surface area contributed by atoms with E-state index in [9.17, 15) is 14.4 Å². The predicted molar refractivity (Wildman–Crippen MR) is 115 cm³/mol. The van der Waals surface area contributed by atoms with Crippen LogP contribution in [0.3, 0.4) is 0 Å². The summed E-state index contributed by atoms with van der Waals surface area (Å²) in [5.41, 5.74) is 7.19. The van der Waals surface area contributed by atoms with E-state index in [-0.39, 0.29) is 45.8 Å². The van der Waals surface area contributed by atoms with Crippen LogP contribution in [0.2, 0.25) is 4.34 Å². The number of nitrogens with zero attached hydrogens (tertiary/aromatic N) is 2. The molecule has 3 heterocycles. The first-order chi connectivity index (χ1) is 14.4. The molecule has 1 unspecified atom stereocenters. The van der Waals surface area contributed by atoms with E-state index in [0.717, 1.165) is 5.69 Å². The minimum Gasteiger partial charge on any atom is -0.480 e. The second-order valence-corrected chi connectivity index (χ2v) is 8.79. The summed E-state index contributed by atoms with van der Waals surface area (Å²) in [7, 11) is 0. The first-order valence-corrected chi connectivity index (χ1v) is 10.6. The molecule has 164 valence electrons. The van der Waals surface area contributed by atoms with Crippen molar-refractivity contribution in [2.75, 3.05) is 29.4 Å². The minimum atomic E-state index is -0.474. The molecule has 0 bridgehead atoms. The van der Waals surface area contributed by atoms with Gasteiger partial charge in [0.1, 0.15) is 6.10 Å². The normalized spacial score (nSPS) is 19.2. The summed E-state index contributed by atoms with van der Waals surface area (Å²) in [6.07, 6.45) is -0.00111. The Hall–Kier alpha value is -1.93.